The van der Waals surface area contributed by atoms with E-state index < -0.39 is 0 Å². The fourth-order valence-electron chi connectivity index (χ4n) is 1.56. The minimum atomic E-state index is -0.369. The second-order valence-electron chi connectivity index (χ2n) is 3.97. The predicted molar refractivity (Wildman–Crippen MR) is 58.9 cm³/mol. The zero-order valence-electron chi connectivity index (χ0n) is 8.48. The van der Waals surface area contributed by atoms with Crippen molar-refractivity contribution in [3.8, 4) is 0 Å². The molecule has 0 atom stereocenters. The number of rotatable bonds is 5. The number of benzene rings is 1. The molecule has 4 heteroatoms. The Morgan fingerprint density at radius 2 is 2.27 bits per heavy atom. The van der Waals surface area contributed by atoms with Crippen LogP contribution >= 0.6 is 0 Å². The number of hydrogen-bond donors (Lipinski definition) is 1. The second-order valence-corrected chi connectivity index (χ2v) is 3.97. The van der Waals surface area contributed by atoms with E-state index in [1.54, 1.807) is 12.1 Å². The molecule has 1 N–H and O–H groups in total. The van der Waals surface area contributed by atoms with Crippen LogP contribution in [-0.4, -0.2) is 11.5 Å². The summed E-state index contributed by atoms with van der Waals surface area (Å²) in [7, 11) is 0. The van der Waals surface area contributed by atoms with Gasteiger partial charge in [0, 0.05) is 24.4 Å². The molecule has 0 saturated heterocycles. The quantitative estimate of drug-likeness (QED) is 0.595. The summed E-state index contributed by atoms with van der Waals surface area (Å²) in [6.45, 7) is 0.909. The molecule has 1 aromatic rings. The average molecular weight is 206 g/mol. The van der Waals surface area contributed by atoms with Gasteiger partial charge in [0.2, 0.25) is 0 Å². The third-order valence-electron chi connectivity index (χ3n) is 2.64. The Bertz CT molecular complexity index is 361. The summed E-state index contributed by atoms with van der Waals surface area (Å²) in [5, 5.41) is 13.7. The topological polar surface area (TPSA) is 55.2 Å². The van der Waals surface area contributed by atoms with Crippen molar-refractivity contribution in [2.75, 3.05) is 11.9 Å². The van der Waals surface area contributed by atoms with Crippen molar-refractivity contribution in [1.82, 2.24) is 0 Å². The molecule has 2 rings (SSSR count). The second kappa shape index (κ2) is 4.29. The Kier molecular flexibility index (Phi) is 2.85. The first-order valence-corrected chi connectivity index (χ1v) is 5.24. The van der Waals surface area contributed by atoms with Crippen LogP contribution in [-0.2, 0) is 0 Å². The Morgan fingerprint density at radius 3 is 2.93 bits per heavy atom. The highest BCUT2D eigenvalue weighted by Gasteiger charge is 2.20. The molecule has 0 unspecified atom stereocenters. The van der Waals surface area contributed by atoms with Crippen molar-refractivity contribution in [2.24, 2.45) is 5.92 Å². The third-order valence-corrected chi connectivity index (χ3v) is 2.64. The van der Waals surface area contributed by atoms with Gasteiger partial charge >= 0.3 is 0 Å². The Labute approximate surface area is 88.5 Å². The molecule has 0 amide bonds. The van der Waals surface area contributed by atoms with Gasteiger partial charge in [0.15, 0.2) is 0 Å². The smallest absolute Gasteiger partial charge is 0.271 e. The van der Waals surface area contributed by atoms with Crippen molar-refractivity contribution in [3.05, 3.63) is 34.4 Å². The summed E-state index contributed by atoms with van der Waals surface area (Å²) in [6, 6.07) is 6.65. The van der Waals surface area contributed by atoms with Gasteiger partial charge in [-0.05, 0) is 18.4 Å². The largest absolute Gasteiger partial charge is 0.385 e. The van der Waals surface area contributed by atoms with Crippen molar-refractivity contribution in [1.29, 1.82) is 0 Å². The lowest BCUT2D eigenvalue weighted by Gasteiger charge is -2.04. The van der Waals surface area contributed by atoms with Crippen LogP contribution in [0.4, 0.5) is 11.4 Å². The third kappa shape index (κ3) is 2.94. The van der Waals surface area contributed by atoms with Crippen molar-refractivity contribution >= 4 is 11.4 Å². The molecular weight excluding hydrogens is 192 g/mol. The maximum atomic E-state index is 10.5. The first-order chi connectivity index (χ1) is 7.25. The molecule has 0 radical (unpaired) electrons. The summed E-state index contributed by atoms with van der Waals surface area (Å²) in [5.74, 6) is 0.885. The van der Waals surface area contributed by atoms with Crippen LogP contribution in [0, 0.1) is 16.0 Å². The molecular formula is C11H14N2O2. The minimum Gasteiger partial charge on any atom is -0.385 e. The SMILES string of the molecule is O=[N+]([O-])c1cccc(NCCC2CC2)c1. The monoisotopic (exact) mass is 206 g/mol. The van der Waals surface area contributed by atoms with Gasteiger partial charge < -0.3 is 5.32 Å². The number of hydrogen-bond acceptors (Lipinski definition) is 3. The summed E-state index contributed by atoms with van der Waals surface area (Å²) in [6.07, 6.45) is 3.86. The Hall–Kier alpha value is -1.58. The normalized spacial score (nSPS) is 14.9. The van der Waals surface area contributed by atoms with E-state index in [4.69, 9.17) is 0 Å². The molecule has 1 fully saturated rings. The molecule has 0 heterocycles. The highest BCUT2D eigenvalue weighted by molar-refractivity contribution is 5.50. The first kappa shape index (κ1) is 9.96. The summed E-state index contributed by atoms with van der Waals surface area (Å²) < 4.78 is 0. The standard InChI is InChI=1S/C11H14N2O2/c14-13(15)11-3-1-2-10(8-11)12-7-6-9-4-5-9/h1-3,8-9,12H,4-7H2. The molecule has 4 nitrogen and oxygen atoms in total. The van der Waals surface area contributed by atoms with Crippen molar-refractivity contribution in [3.63, 3.8) is 0 Å². The molecule has 0 bridgehead atoms. The van der Waals surface area contributed by atoms with Gasteiger partial charge in [0.1, 0.15) is 0 Å². The fourth-order valence-corrected chi connectivity index (χ4v) is 1.56. The summed E-state index contributed by atoms with van der Waals surface area (Å²) in [5.41, 5.74) is 0.983. The van der Waals surface area contributed by atoms with E-state index in [0.29, 0.717) is 0 Å². The number of nitrogens with zero attached hydrogens (tertiary/aromatic N) is 1. The Morgan fingerprint density at radius 1 is 1.47 bits per heavy atom. The molecule has 0 aromatic heterocycles. The molecule has 0 aliphatic heterocycles. The molecule has 1 aliphatic rings. The van der Waals surface area contributed by atoms with Gasteiger partial charge in [-0.2, -0.15) is 0 Å². The fraction of sp³-hybridized carbons (Fsp3) is 0.455. The maximum absolute atomic E-state index is 10.5. The van der Waals surface area contributed by atoms with E-state index in [0.717, 1.165) is 18.2 Å². The lowest BCUT2D eigenvalue weighted by Crippen LogP contribution is -2.02. The van der Waals surface area contributed by atoms with E-state index in [-0.39, 0.29) is 10.6 Å². The molecule has 0 spiro atoms. The van der Waals surface area contributed by atoms with Gasteiger partial charge in [-0.3, -0.25) is 10.1 Å². The van der Waals surface area contributed by atoms with Gasteiger partial charge in [-0.1, -0.05) is 18.9 Å². The number of nitro benzene ring substituents is 1. The van der Waals surface area contributed by atoms with Crippen LogP contribution in [0.3, 0.4) is 0 Å². The molecule has 80 valence electrons. The van der Waals surface area contributed by atoms with E-state index in [2.05, 4.69) is 5.32 Å². The Balaban J connectivity index is 1.88. The van der Waals surface area contributed by atoms with E-state index in [9.17, 15) is 10.1 Å². The van der Waals surface area contributed by atoms with E-state index in [1.165, 1.54) is 25.3 Å². The highest BCUT2D eigenvalue weighted by Crippen LogP contribution is 2.32. The van der Waals surface area contributed by atoms with Gasteiger partial charge in [0.25, 0.3) is 5.69 Å². The van der Waals surface area contributed by atoms with Gasteiger partial charge in [-0.15, -0.1) is 0 Å². The minimum absolute atomic E-state index is 0.145. The number of non-ortho nitro benzene ring substituents is 1. The van der Waals surface area contributed by atoms with Gasteiger partial charge in [-0.25, -0.2) is 0 Å². The van der Waals surface area contributed by atoms with E-state index >= 15 is 0 Å². The summed E-state index contributed by atoms with van der Waals surface area (Å²) >= 11 is 0. The van der Waals surface area contributed by atoms with Crippen molar-refractivity contribution < 1.29 is 4.92 Å². The molecule has 1 aliphatic carbocycles. The van der Waals surface area contributed by atoms with Crippen LogP contribution in [0.15, 0.2) is 24.3 Å². The van der Waals surface area contributed by atoms with Crippen LogP contribution in [0.2, 0.25) is 0 Å². The zero-order valence-corrected chi connectivity index (χ0v) is 8.48. The number of anilines is 1. The first-order valence-electron chi connectivity index (χ1n) is 5.24. The molecule has 1 saturated carbocycles. The van der Waals surface area contributed by atoms with Gasteiger partial charge in [0.05, 0.1) is 4.92 Å². The van der Waals surface area contributed by atoms with Crippen LogP contribution in [0.1, 0.15) is 19.3 Å². The lowest BCUT2D eigenvalue weighted by atomic mass is 10.2. The number of nitro groups is 1. The highest BCUT2D eigenvalue weighted by atomic mass is 16.6. The maximum Gasteiger partial charge on any atom is 0.271 e. The predicted octanol–water partition coefficient (Wildman–Crippen LogP) is 2.81. The molecule has 15 heavy (non-hydrogen) atoms. The average Bonchev–Trinajstić information content (AvgIpc) is 3.02. The number of nitrogens with one attached hydrogen (secondary N) is 1. The van der Waals surface area contributed by atoms with Crippen LogP contribution in [0.25, 0.3) is 0 Å². The molecule has 1 aromatic carbocycles. The summed E-state index contributed by atoms with van der Waals surface area (Å²) in [4.78, 5) is 10.2. The van der Waals surface area contributed by atoms with E-state index in [1.807, 2.05) is 6.07 Å². The lowest BCUT2D eigenvalue weighted by molar-refractivity contribution is -0.384. The van der Waals surface area contributed by atoms with Crippen LogP contribution < -0.4 is 5.32 Å². The van der Waals surface area contributed by atoms with Crippen molar-refractivity contribution in [2.45, 2.75) is 19.3 Å². The van der Waals surface area contributed by atoms with Crippen LogP contribution in [0.5, 0.6) is 0 Å². The zero-order chi connectivity index (χ0) is 10.7.